The molecule has 1 unspecified atom stereocenters. The van der Waals surface area contributed by atoms with Crippen LogP contribution in [0.1, 0.15) is 68.7 Å². The highest BCUT2D eigenvalue weighted by molar-refractivity contribution is 5.36. The molecule has 2 atom stereocenters. The molecule has 1 heteroatoms. The first-order valence-corrected chi connectivity index (χ1v) is 8.12. The third kappa shape index (κ3) is 2.86. The van der Waals surface area contributed by atoms with Gasteiger partial charge in [0.15, 0.2) is 0 Å². The molecule has 1 fully saturated rings. The fraction of sp³-hybridized carbons (Fsp3) is 0.667. The molecule has 0 radical (unpaired) electrons. The van der Waals surface area contributed by atoms with Gasteiger partial charge in [-0.25, -0.2) is 0 Å². The molecule has 0 saturated heterocycles. The van der Waals surface area contributed by atoms with Gasteiger partial charge in [-0.15, -0.1) is 0 Å². The van der Waals surface area contributed by atoms with Crippen molar-refractivity contribution < 1.29 is 0 Å². The van der Waals surface area contributed by atoms with Crippen LogP contribution in [-0.4, -0.2) is 6.04 Å². The van der Waals surface area contributed by atoms with Crippen molar-refractivity contribution in [1.82, 2.24) is 5.32 Å². The Balaban J connectivity index is 1.64. The Hall–Kier alpha value is -0.820. The second-order valence-electron chi connectivity index (χ2n) is 6.60. The predicted molar refractivity (Wildman–Crippen MR) is 81.4 cm³/mol. The molecule has 0 aromatic heterocycles. The van der Waals surface area contributed by atoms with Gasteiger partial charge in [0.2, 0.25) is 0 Å². The Morgan fingerprint density at radius 2 is 1.74 bits per heavy atom. The van der Waals surface area contributed by atoms with Crippen LogP contribution in [0.25, 0.3) is 0 Å². The second-order valence-corrected chi connectivity index (χ2v) is 6.60. The van der Waals surface area contributed by atoms with Crippen molar-refractivity contribution in [3.63, 3.8) is 0 Å². The SMILES string of the molecule is CC(N[C@@H](C)C1CCCC1)c1ccc2c(c1)CCC2. The Kier molecular flexibility index (Phi) is 3.93. The van der Waals surface area contributed by atoms with E-state index in [4.69, 9.17) is 0 Å². The molecule has 0 aliphatic heterocycles. The first kappa shape index (κ1) is 13.2. The summed E-state index contributed by atoms with van der Waals surface area (Å²) in [5.41, 5.74) is 4.66. The van der Waals surface area contributed by atoms with Crippen LogP contribution in [-0.2, 0) is 12.8 Å². The van der Waals surface area contributed by atoms with Gasteiger partial charge in [0.1, 0.15) is 0 Å². The molecule has 3 rings (SSSR count). The molecule has 2 aliphatic carbocycles. The number of hydrogen-bond acceptors (Lipinski definition) is 1. The highest BCUT2D eigenvalue weighted by atomic mass is 14.9. The Bertz CT molecular complexity index is 431. The molecule has 104 valence electrons. The smallest absolute Gasteiger partial charge is 0.0294 e. The van der Waals surface area contributed by atoms with Gasteiger partial charge < -0.3 is 5.32 Å². The van der Waals surface area contributed by atoms with Gasteiger partial charge in [-0.2, -0.15) is 0 Å². The summed E-state index contributed by atoms with van der Waals surface area (Å²) < 4.78 is 0. The topological polar surface area (TPSA) is 12.0 Å². The standard InChI is InChI=1S/C18H27N/c1-13(15-6-3-4-7-15)19-14(2)17-11-10-16-8-5-9-18(16)12-17/h10-15,19H,3-9H2,1-2H3/t13-,14?/m0/s1. The van der Waals surface area contributed by atoms with Crippen LogP contribution in [0.4, 0.5) is 0 Å². The van der Waals surface area contributed by atoms with Gasteiger partial charge in [0.05, 0.1) is 0 Å². The summed E-state index contributed by atoms with van der Waals surface area (Å²) in [6.07, 6.45) is 9.63. The highest BCUT2D eigenvalue weighted by Gasteiger charge is 2.23. The quantitative estimate of drug-likeness (QED) is 0.842. The molecule has 1 N–H and O–H groups in total. The number of nitrogens with one attached hydrogen (secondary N) is 1. The average molecular weight is 257 g/mol. The molecule has 1 nitrogen and oxygen atoms in total. The van der Waals surface area contributed by atoms with Crippen LogP contribution in [0.15, 0.2) is 18.2 Å². The summed E-state index contributed by atoms with van der Waals surface area (Å²) in [5.74, 6) is 0.900. The third-order valence-corrected chi connectivity index (χ3v) is 5.24. The maximum atomic E-state index is 3.83. The van der Waals surface area contributed by atoms with Crippen LogP contribution in [0.3, 0.4) is 0 Å². The summed E-state index contributed by atoms with van der Waals surface area (Å²) in [4.78, 5) is 0. The molecule has 0 spiro atoms. The van der Waals surface area contributed by atoms with Crippen LogP contribution in [0, 0.1) is 5.92 Å². The molecule has 1 aromatic carbocycles. The normalized spacial score (nSPS) is 22.4. The summed E-state index contributed by atoms with van der Waals surface area (Å²) in [6, 6.07) is 8.29. The van der Waals surface area contributed by atoms with E-state index in [0.717, 1.165) is 5.92 Å². The lowest BCUT2D eigenvalue weighted by Crippen LogP contribution is -2.34. The van der Waals surface area contributed by atoms with E-state index in [1.807, 2.05) is 0 Å². The van der Waals surface area contributed by atoms with E-state index in [-0.39, 0.29) is 0 Å². The van der Waals surface area contributed by atoms with E-state index in [9.17, 15) is 0 Å². The summed E-state index contributed by atoms with van der Waals surface area (Å²) in [6.45, 7) is 4.70. The Morgan fingerprint density at radius 1 is 1.00 bits per heavy atom. The van der Waals surface area contributed by atoms with Crippen LogP contribution in [0.5, 0.6) is 0 Å². The van der Waals surface area contributed by atoms with E-state index < -0.39 is 0 Å². The number of aryl methyl sites for hydroxylation is 2. The van der Waals surface area contributed by atoms with Gasteiger partial charge in [0.25, 0.3) is 0 Å². The van der Waals surface area contributed by atoms with Crippen LogP contribution in [0.2, 0.25) is 0 Å². The van der Waals surface area contributed by atoms with E-state index in [1.165, 1.54) is 50.5 Å². The predicted octanol–water partition coefficient (Wildman–Crippen LogP) is 4.40. The number of fused-ring (bicyclic) bond motifs is 1. The van der Waals surface area contributed by atoms with Gasteiger partial charge in [-0.3, -0.25) is 0 Å². The van der Waals surface area contributed by atoms with Gasteiger partial charge in [0, 0.05) is 12.1 Å². The largest absolute Gasteiger partial charge is 0.307 e. The van der Waals surface area contributed by atoms with Crippen molar-refractivity contribution in [2.75, 3.05) is 0 Å². The molecule has 1 aromatic rings. The third-order valence-electron chi connectivity index (χ3n) is 5.24. The first-order valence-electron chi connectivity index (χ1n) is 8.12. The molecular formula is C18H27N. The summed E-state index contributed by atoms with van der Waals surface area (Å²) in [5, 5.41) is 3.83. The highest BCUT2D eigenvalue weighted by Crippen LogP contribution is 2.30. The first-order chi connectivity index (χ1) is 9.24. The number of benzene rings is 1. The molecule has 2 aliphatic rings. The molecule has 1 saturated carbocycles. The van der Waals surface area contributed by atoms with Crippen molar-refractivity contribution in [3.05, 3.63) is 34.9 Å². The summed E-state index contributed by atoms with van der Waals surface area (Å²) in [7, 11) is 0. The van der Waals surface area contributed by atoms with Crippen molar-refractivity contribution in [1.29, 1.82) is 0 Å². The maximum Gasteiger partial charge on any atom is 0.0294 e. The summed E-state index contributed by atoms with van der Waals surface area (Å²) >= 11 is 0. The van der Waals surface area contributed by atoms with Gasteiger partial charge in [-0.05, 0) is 68.6 Å². The molecule has 19 heavy (non-hydrogen) atoms. The minimum absolute atomic E-state index is 0.487. The Morgan fingerprint density at radius 3 is 2.53 bits per heavy atom. The zero-order valence-electron chi connectivity index (χ0n) is 12.4. The number of rotatable bonds is 4. The lowest BCUT2D eigenvalue weighted by Gasteiger charge is -2.25. The van der Waals surface area contributed by atoms with Crippen molar-refractivity contribution in [2.45, 2.75) is 70.9 Å². The number of hydrogen-bond donors (Lipinski definition) is 1. The van der Waals surface area contributed by atoms with E-state index >= 15 is 0 Å². The second kappa shape index (κ2) is 5.66. The Labute approximate surface area is 117 Å². The minimum Gasteiger partial charge on any atom is -0.307 e. The van der Waals surface area contributed by atoms with Crippen molar-refractivity contribution in [3.8, 4) is 0 Å². The van der Waals surface area contributed by atoms with Crippen LogP contribution < -0.4 is 5.32 Å². The fourth-order valence-corrected chi connectivity index (χ4v) is 3.95. The lowest BCUT2D eigenvalue weighted by molar-refractivity contribution is 0.352. The van der Waals surface area contributed by atoms with E-state index in [0.29, 0.717) is 12.1 Å². The van der Waals surface area contributed by atoms with E-state index in [2.05, 4.69) is 37.4 Å². The van der Waals surface area contributed by atoms with E-state index in [1.54, 1.807) is 11.1 Å². The molecule has 0 amide bonds. The average Bonchev–Trinajstić information content (AvgIpc) is 3.09. The van der Waals surface area contributed by atoms with Crippen LogP contribution >= 0.6 is 0 Å². The lowest BCUT2D eigenvalue weighted by atomic mass is 9.97. The zero-order valence-corrected chi connectivity index (χ0v) is 12.4. The molecule has 0 bridgehead atoms. The van der Waals surface area contributed by atoms with Crippen molar-refractivity contribution >= 4 is 0 Å². The van der Waals surface area contributed by atoms with Gasteiger partial charge >= 0.3 is 0 Å². The zero-order chi connectivity index (χ0) is 13.2. The monoisotopic (exact) mass is 257 g/mol. The molecular weight excluding hydrogens is 230 g/mol. The minimum atomic E-state index is 0.487. The molecule has 0 heterocycles. The fourth-order valence-electron chi connectivity index (χ4n) is 3.95. The maximum absolute atomic E-state index is 3.83. The van der Waals surface area contributed by atoms with Gasteiger partial charge in [-0.1, -0.05) is 31.0 Å². The van der Waals surface area contributed by atoms with Crippen molar-refractivity contribution in [2.24, 2.45) is 5.92 Å².